The number of rotatable bonds is 4. The molecule has 0 aliphatic rings. The number of carboxylic acids is 1. The lowest BCUT2D eigenvalue weighted by Gasteiger charge is -2.09. The van der Waals surface area contributed by atoms with Crippen molar-refractivity contribution >= 4 is 35.2 Å². The van der Waals surface area contributed by atoms with Gasteiger partial charge in [0.1, 0.15) is 11.5 Å². The van der Waals surface area contributed by atoms with Crippen LogP contribution in [0.1, 0.15) is 5.56 Å². The number of benzene rings is 2. The lowest BCUT2D eigenvalue weighted by Crippen LogP contribution is -1.90. The molecule has 2 aromatic carbocycles. The lowest BCUT2D eigenvalue weighted by atomic mass is 10.2. The van der Waals surface area contributed by atoms with Crippen LogP contribution in [0.5, 0.6) is 11.5 Å². The van der Waals surface area contributed by atoms with E-state index in [-0.39, 0.29) is 0 Å². The smallest absolute Gasteiger partial charge is 0.328 e. The fourth-order valence-electron chi connectivity index (χ4n) is 1.55. The first-order valence-electron chi connectivity index (χ1n) is 5.68. The molecule has 0 aromatic heterocycles. The van der Waals surface area contributed by atoms with Gasteiger partial charge in [-0.15, -0.1) is 0 Å². The first-order valence-corrected chi connectivity index (χ1v) is 6.44. The molecule has 0 saturated heterocycles. The summed E-state index contributed by atoms with van der Waals surface area (Å²) in [6, 6.07) is 11.9. The molecule has 0 heterocycles. The third-order valence-electron chi connectivity index (χ3n) is 2.40. The van der Waals surface area contributed by atoms with Crippen LogP contribution in [0.25, 0.3) is 6.08 Å². The average molecular weight is 309 g/mol. The van der Waals surface area contributed by atoms with Gasteiger partial charge in [-0.3, -0.25) is 0 Å². The van der Waals surface area contributed by atoms with Crippen LogP contribution in [-0.4, -0.2) is 11.1 Å². The highest BCUT2D eigenvalue weighted by Gasteiger charge is 2.05. The number of aliphatic carboxylic acids is 1. The third kappa shape index (κ3) is 4.02. The van der Waals surface area contributed by atoms with Gasteiger partial charge in [-0.2, -0.15) is 0 Å². The Kier molecular flexibility index (Phi) is 4.66. The molecule has 0 amide bonds. The molecule has 0 unspecified atom stereocenters. The Morgan fingerprint density at radius 2 is 1.85 bits per heavy atom. The van der Waals surface area contributed by atoms with Gasteiger partial charge < -0.3 is 9.84 Å². The Morgan fingerprint density at radius 1 is 1.10 bits per heavy atom. The summed E-state index contributed by atoms with van der Waals surface area (Å²) in [6.07, 6.45) is 2.48. The maximum atomic E-state index is 10.6. The summed E-state index contributed by atoms with van der Waals surface area (Å²) in [7, 11) is 0. The molecule has 0 atom stereocenters. The summed E-state index contributed by atoms with van der Waals surface area (Å²) in [5, 5.41) is 9.72. The molecule has 0 bridgehead atoms. The molecule has 1 N–H and O–H groups in total. The zero-order chi connectivity index (χ0) is 14.5. The van der Waals surface area contributed by atoms with Gasteiger partial charge in [0.05, 0.1) is 0 Å². The Hall–Kier alpha value is -1.97. The first kappa shape index (κ1) is 14.4. The van der Waals surface area contributed by atoms with Gasteiger partial charge in [-0.25, -0.2) is 4.79 Å². The van der Waals surface area contributed by atoms with Crippen LogP contribution >= 0.6 is 23.2 Å². The molecule has 2 aromatic rings. The van der Waals surface area contributed by atoms with Crippen molar-refractivity contribution in [1.82, 2.24) is 0 Å². The summed E-state index contributed by atoms with van der Waals surface area (Å²) in [5.41, 5.74) is 0.608. The van der Waals surface area contributed by atoms with Crippen molar-refractivity contribution in [3.8, 4) is 11.5 Å². The second kappa shape index (κ2) is 6.46. The van der Waals surface area contributed by atoms with Crippen LogP contribution < -0.4 is 4.74 Å². The number of carboxylic acid groups (broad SMARTS) is 1. The van der Waals surface area contributed by atoms with Crippen LogP contribution in [0.15, 0.2) is 48.5 Å². The van der Waals surface area contributed by atoms with Gasteiger partial charge in [0.2, 0.25) is 0 Å². The molecular weight excluding hydrogens is 299 g/mol. The molecule has 0 aliphatic heterocycles. The minimum Gasteiger partial charge on any atom is -0.478 e. The topological polar surface area (TPSA) is 46.5 Å². The minimum absolute atomic E-state index is 0.456. The summed E-state index contributed by atoms with van der Waals surface area (Å²) in [4.78, 5) is 10.6. The molecular formula is C15H10Cl2O3. The molecule has 0 radical (unpaired) electrons. The molecule has 20 heavy (non-hydrogen) atoms. The lowest BCUT2D eigenvalue weighted by molar-refractivity contribution is -0.131. The summed E-state index contributed by atoms with van der Waals surface area (Å²) < 4.78 is 5.69. The number of halogens is 2. The van der Waals surface area contributed by atoms with Gasteiger partial charge >= 0.3 is 5.97 Å². The van der Waals surface area contributed by atoms with Gasteiger partial charge in [-0.05, 0) is 36.4 Å². The van der Waals surface area contributed by atoms with E-state index in [1.165, 1.54) is 6.08 Å². The normalized spacial score (nSPS) is 10.7. The van der Waals surface area contributed by atoms with Gasteiger partial charge in [0.25, 0.3) is 0 Å². The van der Waals surface area contributed by atoms with E-state index in [0.717, 1.165) is 6.08 Å². The van der Waals surface area contributed by atoms with Crippen LogP contribution in [0.3, 0.4) is 0 Å². The van der Waals surface area contributed by atoms with Crippen LogP contribution in [-0.2, 0) is 4.79 Å². The second-order valence-corrected chi connectivity index (χ2v) is 4.79. The zero-order valence-corrected chi connectivity index (χ0v) is 11.7. The molecule has 5 heteroatoms. The van der Waals surface area contributed by atoms with Gasteiger partial charge in [0.15, 0.2) is 0 Å². The SMILES string of the molecule is O=C(O)/C=C/c1ccc(Cl)cc1Oc1cccc(Cl)c1. The molecule has 2 rings (SSSR count). The maximum Gasteiger partial charge on any atom is 0.328 e. The van der Waals surface area contributed by atoms with E-state index in [1.807, 2.05) is 0 Å². The Labute approximate surface area is 126 Å². The highest BCUT2D eigenvalue weighted by molar-refractivity contribution is 6.31. The Bertz CT molecular complexity index is 666. The minimum atomic E-state index is -1.03. The molecule has 3 nitrogen and oxygen atoms in total. The fourth-order valence-corrected chi connectivity index (χ4v) is 1.90. The second-order valence-electron chi connectivity index (χ2n) is 3.91. The molecule has 0 aliphatic carbocycles. The van der Waals surface area contributed by atoms with Crippen LogP contribution in [0.2, 0.25) is 10.0 Å². The molecule has 0 saturated carbocycles. The average Bonchev–Trinajstić information content (AvgIpc) is 2.37. The summed E-state index contributed by atoms with van der Waals surface area (Å²) in [5.74, 6) is -0.0318. The highest BCUT2D eigenvalue weighted by atomic mass is 35.5. The summed E-state index contributed by atoms with van der Waals surface area (Å²) in [6.45, 7) is 0. The maximum absolute atomic E-state index is 10.6. The van der Waals surface area contributed by atoms with E-state index in [1.54, 1.807) is 42.5 Å². The van der Waals surface area contributed by atoms with Crippen molar-refractivity contribution in [2.24, 2.45) is 0 Å². The molecule has 0 fully saturated rings. The van der Waals surface area contributed by atoms with Crippen molar-refractivity contribution in [2.45, 2.75) is 0 Å². The van der Waals surface area contributed by atoms with Crippen LogP contribution in [0, 0.1) is 0 Å². The monoisotopic (exact) mass is 308 g/mol. The van der Waals surface area contributed by atoms with Crippen molar-refractivity contribution in [3.63, 3.8) is 0 Å². The molecule has 0 spiro atoms. The number of ether oxygens (including phenoxy) is 1. The number of hydrogen-bond donors (Lipinski definition) is 1. The van der Waals surface area contributed by atoms with Gasteiger partial charge in [0, 0.05) is 27.8 Å². The highest BCUT2D eigenvalue weighted by Crippen LogP contribution is 2.30. The Morgan fingerprint density at radius 3 is 2.55 bits per heavy atom. The predicted octanol–water partition coefficient (Wildman–Crippen LogP) is 4.88. The predicted molar refractivity (Wildman–Crippen MR) is 79.6 cm³/mol. The van der Waals surface area contributed by atoms with E-state index >= 15 is 0 Å². The standard InChI is InChI=1S/C15H10Cl2O3/c16-11-2-1-3-13(8-11)20-14-9-12(17)6-4-10(14)5-7-15(18)19/h1-9H,(H,18,19)/b7-5+. The number of hydrogen-bond acceptors (Lipinski definition) is 2. The van der Waals surface area contributed by atoms with Crippen molar-refractivity contribution in [3.05, 3.63) is 64.1 Å². The van der Waals surface area contributed by atoms with Crippen LogP contribution in [0.4, 0.5) is 0 Å². The van der Waals surface area contributed by atoms with Crippen molar-refractivity contribution < 1.29 is 14.6 Å². The van der Waals surface area contributed by atoms with E-state index < -0.39 is 5.97 Å². The fraction of sp³-hybridized carbons (Fsp3) is 0. The zero-order valence-electron chi connectivity index (χ0n) is 10.2. The number of carbonyl (C=O) groups is 1. The van der Waals surface area contributed by atoms with Crippen molar-refractivity contribution in [1.29, 1.82) is 0 Å². The van der Waals surface area contributed by atoms with Crippen molar-refractivity contribution in [2.75, 3.05) is 0 Å². The van der Waals surface area contributed by atoms with Gasteiger partial charge in [-0.1, -0.05) is 29.3 Å². The van der Waals surface area contributed by atoms with E-state index in [0.29, 0.717) is 27.1 Å². The largest absolute Gasteiger partial charge is 0.478 e. The van der Waals surface area contributed by atoms with E-state index in [2.05, 4.69) is 0 Å². The summed E-state index contributed by atoms with van der Waals surface area (Å²) >= 11 is 11.8. The van der Waals surface area contributed by atoms with E-state index in [4.69, 9.17) is 33.0 Å². The molecule has 102 valence electrons. The quantitative estimate of drug-likeness (QED) is 0.818. The third-order valence-corrected chi connectivity index (χ3v) is 2.88. The first-order chi connectivity index (χ1) is 9.54. The Balaban J connectivity index is 2.34. The van der Waals surface area contributed by atoms with E-state index in [9.17, 15) is 4.79 Å².